The van der Waals surface area contributed by atoms with Crippen LogP contribution in [-0.2, 0) is 0 Å². The van der Waals surface area contributed by atoms with Gasteiger partial charge in [-0.05, 0) is 17.9 Å². The number of hydrogen-bond donors (Lipinski definition) is 0. The Balaban J connectivity index is 2.87. The number of benzene rings is 2. The molecular formula is C12H9NO. The van der Waals surface area contributed by atoms with Crippen LogP contribution in [-0.4, -0.2) is 0 Å². The number of hydrogen-bond acceptors (Lipinski definition) is 1. The second-order valence-corrected chi connectivity index (χ2v) is 3.18. The minimum atomic E-state index is 0.790. The van der Waals surface area contributed by atoms with E-state index in [1.807, 2.05) is 43.3 Å². The van der Waals surface area contributed by atoms with E-state index in [9.17, 15) is 5.21 Å². The van der Waals surface area contributed by atoms with Gasteiger partial charge in [-0.2, -0.15) is 0 Å². The molecule has 2 rings (SSSR count). The summed E-state index contributed by atoms with van der Waals surface area (Å²) in [6.07, 6.45) is 0. The maximum absolute atomic E-state index is 10.2. The second-order valence-electron chi connectivity index (χ2n) is 3.18. The highest BCUT2D eigenvalue weighted by Crippen LogP contribution is 2.21. The topological polar surface area (TPSA) is 27.4 Å². The van der Waals surface area contributed by atoms with Crippen molar-refractivity contribution in [2.75, 3.05) is 0 Å². The lowest BCUT2D eigenvalue weighted by Crippen LogP contribution is -1.84. The summed E-state index contributed by atoms with van der Waals surface area (Å²) in [5.74, 6) is 0. The lowest BCUT2D eigenvalue weighted by atomic mass is 10.0. The van der Waals surface area contributed by atoms with Gasteiger partial charge in [0.2, 0.25) is 0 Å². The van der Waals surface area contributed by atoms with E-state index in [2.05, 4.69) is 11.1 Å². The van der Waals surface area contributed by atoms with E-state index in [1.54, 1.807) is 0 Å². The van der Waals surface area contributed by atoms with Crippen LogP contribution in [0.2, 0.25) is 0 Å². The van der Waals surface area contributed by atoms with Crippen molar-refractivity contribution in [3.05, 3.63) is 57.7 Å². The molecule has 2 aromatic carbocycles. The summed E-state index contributed by atoms with van der Waals surface area (Å²) in [5, 5.41) is 15.0. The third-order valence-corrected chi connectivity index (χ3v) is 2.29. The SMILES string of the molecule is Cc1ccc2ccccc2c1C#[N+][O-]. The molecule has 0 atom stereocenters. The first-order chi connectivity index (χ1) is 6.83. The molecule has 0 aromatic heterocycles. The molecule has 0 aliphatic heterocycles. The Hall–Kier alpha value is -2.01. The van der Waals surface area contributed by atoms with Crippen molar-refractivity contribution in [3.63, 3.8) is 0 Å². The number of rotatable bonds is 0. The zero-order chi connectivity index (χ0) is 9.97. The monoisotopic (exact) mass is 183 g/mol. The summed E-state index contributed by atoms with van der Waals surface area (Å²) in [5.41, 5.74) is 1.81. The Morgan fingerprint density at radius 2 is 1.93 bits per heavy atom. The van der Waals surface area contributed by atoms with E-state index in [1.165, 1.54) is 0 Å². The predicted molar refractivity (Wildman–Crippen MR) is 58.4 cm³/mol. The van der Waals surface area contributed by atoms with Gasteiger partial charge in [-0.15, -0.1) is 0 Å². The lowest BCUT2D eigenvalue weighted by molar-refractivity contribution is 1.47. The van der Waals surface area contributed by atoms with Gasteiger partial charge < -0.3 is 5.21 Å². The highest BCUT2D eigenvalue weighted by Gasteiger charge is 2.05. The molecule has 2 nitrogen and oxygen atoms in total. The Morgan fingerprint density at radius 3 is 2.71 bits per heavy atom. The van der Waals surface area contributed by atoms with Crippen LogP contribution in [0.4, 0.5) is 0 Å². The molecule has 0 spiro atoms. The fourth-order valence-electron chi connectivity index (χ4n) is 1.57. The van der Waals surface area contributed by atoms with Crippen molar-refractivity contribution in [2.24, 2.45) is 0 Å². The Morgan fingerprint density at radius 1 is 1.14 bits per heavy atom. The third kappa shape index (κ3) is 1.29. The van der Waals surface area contributed by atoms with E-state index in [0.717, 1.165) is 21.9 Å². The first kappa shape index (κ1) is 8.58. The van der Waals surface area contributed by atoms with E-state index in [0.29, 0.717) is 0 Å². The summed E-state index contributed by atoms with van der Waals surface area (Å²) in [6, 6.07) is 14.4. The molecule has 0 saturated carbocycles. The van der Waals surface area contributed by atoms with Crippen molar-refractivity contribution in [3.8, 4) is 6.07 Å². The number of fused-ring (bicyclic) bond motifs is 1. The molecule has 0 amide bonds. The summed E-state index contributed by atoms with van der Waals surface area (Å²) < 4.78 is 0. The zero-order valence-electron chi connectivity index (χ0n) is 7.82. The van der Waals surface area contributed by atoms with Crippen molar-refractivity contribution in [2.45, 2.75) is 6.92 Å². The Bertz CT molecular complexity index is 535. The molecule has 0 N–H and O–H groups in total. The van der Waals surface area contributed by atoms with Gasteiger partial charge in [-0.25, -0.2) is 0 Å². The van der Waals surface area contributed by atoms with Gasteiger partial charge in [0.25, 0.3) is 0 Å². The fourth-order valence-corrected chi connectivity index (χ4v) is 1.57. The highest BCUT2D eigenvalue weighted by molar-refractivity contribution is 5.89. The molecule has 0 saturated heterocycles. The molecule has 14 heavy (non-hydrogen) atoms. The van der Waals surface area contributed by atoms with E-state index in [-0.39, 0.29) is 0 Å². The van der Waals surface area contributed by atoms with Gasteiger partial charge in [0, 0.05) is 10.4 Å². The molecular weight excluding hydrogens is 174 g/mol. The molecule has 0 heterocycles. The summed E-state index contributed by atoms with van der Waals surface area (Å²) in [7, 11) is 0. The fraction of sp³-hybridized carbons (Fsp3) is 0.0833. The standard InChI is InChI=1S/C12H9NO/c1-9-6-7-10-4-2-3-5-11(10)12(9)8-13-14/h2-7H,1H3. The van der Waals surface area contributed by atoms with Crippen LogP contribution >= 0.6 is 0 Å². The van der Waals surface area contributed by atoms with E-state index < -0.39 is 0 Å². The molecule has 0 bridgehead atoms. The Kier molecular flexibility index (Phi) is 2.08. The second kappa shape index (κ2) is 3.39. The maximum atomic E-state index is 10.2. The molecule has 0 aliphatic rings. The molecule has 0 aliphatic carbocycles. The van der Waals surface area contributed by atoms with Crippen LogP contribution in [0.15, 0.2) is 36.4 Å². The van der Waals surface area contributed by atoms with Crippen molar-refractivity contribution >= 4 is 10.8 Å². The van der Waals surface area contributed by atoms with Crippen LogP contribution in [0.25, 0.3) is 15.8 Å². The van der Waals surface area contributed by atoms with Crippen LogP contribution in [0, 0.1) is 18.2 Å². The molecule has 2 heteroatoms. The average molecular weight is 183 g/mol. The van der Waals surface area contributed by atoms with Crippen LogP contribution in [0.1, 0.15) is 11.1 Å². The maximum Gasteiger partial charge on any atom is 0.337 e. The van der Waals surface area contributed by atoms with E-state index >= 15 is 0 Å². The predicted octanol–water partition coefficient (Wildman–Crippen LogP) is 3.33. The summed E-state index contributed by atoms with van der Waals surface area (Å²) in [4.78, 5) is 0. The molecule has 68 valence electrons. The van der Waals surface area contributed by atoms with Crippen molar-refractivity contribution < 1.29 is 0 Å². The highest BCUT2D eigenvalue weighted by atomic mass is 16.4. The van der Waals surface area contributed by atoms with Gasteiger partial charge >= 0.3 is 6.07 Å². The molecule has 0 unspecified atom stereocenters. The zero-order valence-corrected chi connectivity index (χ0v) is 7.82. The van der Waals surface area contributed by atoms with Gasteiger partial charge in [0.15, 0.2) is 0 Å². The minimum absolute atomic E-state index is 0.790. The quantitative estimate of drug-likeness (QED) is 0.575. The Labute approximate surface area is 82.2 Å². The largest absolute Gasteiger partial charge is 0.498 e. The summed E-state index contributed by atoms with van der Waals surface area (Å²) >= 11 is 0. The van der Waals surface area contributed by atoms with Gasteiger partial charge in [-0.1, -0.05) is 36.4 Å². The van der Waals surface area contributed by atoms with Crippen LogP contribution in [0.3, 0.4) is 0 Å². The molecule has 0 fully saturated rings. The smallest absolute Gasteiger partial charge is 0.337 e. The number of aryl methyl sites for hydroxylation is 1. The lowest BCUT2D eigenvalue weighted by Gasteiger charge is -2.00. The van der Waals surface area contributed by atoms with Gasteiger partial charge in [0.05, 0.1) is 0 Å². The average Bonchev–Trinajstić information content (AvgIpc) is 2.23. The molecule has 2 aromatic rings. The van der Waals surface area contributed by atoms with Crippen molar-refractivity contribution in [1.29, 1.82) is 0 Å². The summed E-state index contributed by atoms with van der Waals surface area (Å²) in [6.45, 7) is 1.94. The van der Waals surface area contributed by atoms with Gasteiger partial charge in [-0.3, -0.25) is 0 Å². The van der Waals surface area contributed by atoms with Crippen LogP contribution in [0.5, 0.6) is 0 Å². The van der Waals surface area contributed by atoms with E-state index in [4.69, 9.17) is 0 Å². The normalized spacial score (nSPS) is 9.50. The first-order valence-electron chi connectivity index (χ1n) is 4.39. The van der Waals surface area contributed by atoms with Crippen LogP contribution < -0.4 is 0 Å². The third-order valence-electron chi connectivity index (χ3n) is 2.29. The van der Waals surface area contributed by atoms with Gasteiger partial charge in [0.1, 0.15) is 5.56 Å². The first-order valence-corrected chi connectivity index (χ1v) is 4.39. The molecule has 0 radical (unpaired) electrons. The number of nitrogens with zero attached hydrogens (tertiary/aromatic N) is 1. The van der Waals surface area contributed by atoms with Crippen molar-refractivity contribution in [1.82, 2.24) is 0 Å². The minimum Gasteiger partial charge on any atom is -0.498 e.